The quantitative estimate of drug-likeness (QED) is 0.532. The highest BCUT2D eigenvalue weighted by Gasteiger charge is 2.10. The normalized spacial score (nSPS) is 11.0. The van der Waals surface area contributed by atoms with Crippen molar-refractivity contribution in [2.24, 2.45) is 5.10 Å². The Balaban J connectivity index is 1.91. The van der Waals surface area contributed by atoms with Gasteiger partial charge in [0.05, 0.1) is 18.4 Å². The third kappa shape index (κ3) is 3.41. The van der Waals surface area contributed by atoms with Gasteiger partial charge in [-0.3, -0.25) is 0 Å². The molecular formula is C15H11N4O4S-. The minimum Gasteiger partial charge on any atom is -0.546 e. The van der Waals surface area contributed by atoms with Crippen LogP contribution in [0.1, 0.15) is 5.56 Å². The molecule has 0 radical (unpaired) electrons. The summed E-state index contributed by atoms with van der Waals surface area (Å²) in [5.74, 6) is -0.0331. The number of hydrogen-bond donors (Lipinski definition) is 1. The lowest BCUT2D eigenvalue weighted by Gasteiger charge is -2.09. The number of para-hydroxylation sites is 1. The van der Waals surface area contributed by atoms with Crippen molar-refractivity contribution in [3.05, 3.63) is 53.0 Å². The van der Waals surface area contributed by atoms with Crippen LogP contribution in [-0.2, 0) is 4.79 Å². The van der Waals surface area contributed by atoms with Crippen molar-refractivity contribution in [1.29, 1.82) is 0 Å². The molecule has 0 spiro atoms. The molecule has 2 heterocycles. The van der Waals surface area contributed by atoms with E-state index < -0.39 is 12.6 Å². The van der Waals surface area contributed by atoms with Crippen molar-refractivity contribution in [2.75, 3.05) is 6.61 Å². The largest absolute Gasteiger partial charge is 0.546 e. The monoisotopic (exact) mass is 343 g/mol. The van der Waals surface area contributed by atoms with Gasteiger partial charge in [-0.15, -0.1) is 5.10 Å². The highest BCUT2D eigenvalue weighted by Crippen LogP contribution is 2.19. The van der Waals surface area contributed by atoms with E-state index in [1.165, 1.54) is 17.2 Å². The average molecular weight is 343 g/mol. The lowest BCUT2D eigenvalue weighted by Crippen LogP contribution is -2.29. The molecule has 0 aliphatic carbocycles. The van der Waals surface area contributed by atoms with Crippen LogP contribution in [-0.4, -0.2) is 33.7 Å². The van der Waals surface area contributed by atoms with Crippen LogP contribution in [0.3, 0.4) is 0 Å². The molecule has 3 rings (SSSR count). The number of furan rings is 1. The van der Waals surface area contributed by atoms with E-state index in [-0.39, 0.29) is 4.77 Å². The number of carbonyl (C=O) groups excluding carboxylic acids is 1. The third-order valence-electron chi connectivity index (χ3n) is 2.97. The molecule has 1 N–H and O–H groups in total. The maximum atomic E-state index is 10.5. The van der Waals surface area contributed by atoms with E-state index in [0.29, 0.717) is 22.9 Å². The Bertz CT molecular complexity index is 927. The Morgan fingerprint density at radius 3 is 3.00 bits per heavy atom. The molecule has 0 saturated heterocycles. The molecule has 0 aliphatic heterocycles. The first-order chi connectivity index (χ1) is 11.6. The Hall–Kier alpha value is -3.20. The molecule has 1 aromatic carbocycles. The Kier molecular flexibility index (Phi) is 4.52. The molecule has 9 heteroatoms. The molecule has 0 atom stereocenters. The van der Waals surface area contributed by atoms with E-state index in [4.69, 9.17) is 21.4 Å². The topological polar surface area (TPSA) is 108 Å². The zero-order valence-electron chi connectivity index (χ0n) is 12.2. The van der Waals surface area contributed by atoms with Gasteiger partial charge in [0.15, 0.2) is 5.76 Å². The van der Waals surface area contributed by atoms with Gasteiger partial charge in [0, 0.05) is 5.56 Å². The smallest absolute Gasteiger partial charge is 0.219 e. The van der Waals surface area contributed by atoms with Gasteiger partial charge in [0.1, 0.15) is 12.4 Å². The first-order valence-electron chi connectivity index (χ1n) is 6.82. The number of nitrogens with zero attached hydrogens (tertiary/aromatic N) is 3. The van der Waals surface area contributed by atoms with Crippen LogP contribution in [0.25, 0.3) is 11.6 Å². The van der Waals surface area contributed by atoms with Gasteiger partial charge >= 0.3 is 0 Å². The number of aliphatic carboxylic acids is 1. The summed E-state index contributed by atoms with van der Waals surface area (Å²) >= 11 is 5.15. The number of rotatable bonds is 6. The highest BCUT2D eigenvalue weighted by molar-refractivity contribution is 7.71. The van der Waals surface area contributed by atoms with Crippen LogP contribution in [0.4, 0.5) is 0 Å². The molecule has 0 bridgehead atoms. The number of benzene rings is 1. The zero-order valence-corrected chi connectivity index (χ0v) is 13.0. The molecule has 0 unspecified atom stereocenters. The van der Waals surface area contributed by atoms with Gasteiger partial charge in [0.2, 0.25) is 10.6 Å². The van der Waals surface area contributed by atoms with Gasteiger partial charge in [-0.2, -0.15) is 9.78 Å². The molecular weight excluding hydrogens is 332 g/mol. The molecule has 24 heavy (non-hydrogen) atoms. The maximum absolute atomic E-state index is 10.5. The molecule has 0 fully saturated rings. The van der Waals surface area contributed by atoms with Crippen LogP contribution >= 0.6 is 12.2 Å². The minimum atomic E-state index is -1.31. The van der Waals surface area contributed by atoms with Gasteiger partial charge in [-0.1, -0.05) is 12.1 Å². The van der Waals surface area contributed by atoms with Crippen molar-refractivity contribution >= 4 is 24.4 Å². The van der Waals surface area contributed by atoms with Crippen LogP contribution in [0.15, 0.2) is 52.2 Å². The Morgan fingerprint density at radius 2 is 2.25 bits per heavy atom. The fourth-order valence-corrected chi connectivity index (χ4v) is 2.12. The first-order valence-corrected chi connectivity index (χ1v) is 7.23. The van der Waals surface area contributed by atoms with Crippen LogP contribution in [0.5, 0.6) is 5.75 Å². The Morgan fingerprint density at radius 1 is 1.42 bits per heavy atom. The second-order valence-corrected chi connectivity index (χ2v) is 4.97. The number of nitrogens with one attached hydrogen (secondary N) is 1. The van der Waals surface area contributed by atoms with Crippen LogP contribution < -0.4 is 9.84 Å². The van der Waals surface area contributed by atoms with E-state index in [9.17, 15) is 9.90 Å². The molecule has 0 amide bonds. The van der Waals surface area contributed by atoms with Crippen LogP contribution in [0, 0.1) is 4.77 Å². The predicted molar refractivity (Wildman–Crippen MR) is 85.0 cm³/mol. The summed E-state index contributed by atoms with van der Waals surface area (Å²) in [5, 5.41) is 21.5. The fraction of sp³-hybridized carbons (Fsp3) is 0.0667. The second kappa shape index (κ2) is 6.92. The Labute approximate surface area is 141 Å². The second-order valence-electron chi connectivity index (χ2n) is 4.58. The number of carboxylic acid groups (broad SMARTS) is 1. The maximum Gasteiger partial charge on any atom is 0.219 e. The van der Waals surface area contributed by atoms with E-state index in [1.807, 2.05) is 0 Å². The fourth-order valence-electron chi connectivity index (χ4n) is 1.94. The van der Waals surface area contributed by atoms with Gasteiger partial charge in [-0.25, -0.2) is 5.10 Å². The first kappa shape index (κ1) is 15.7. The van der Waals surface area contributed by atoms with Gasteiger partial charge in [0.25, 0.3) is 0 Å². The summed E-state index contributed by atoms with van der Waals surface area (Å²) in [5.41, 5.74) is 0.576. The molecule has 122 valence electrons. The van der Waals surface area contributed by atoms with Crippen molar-refractivity contribution in [2.45, 2.75) is 0 Å². The number of aromatic amines is 1. The van der Waals surface area contributed by atoms with E-state index in [2.05, 4.69) is 15.3 Å². The number of carbonyl (C=O) groups is 1. The summed E-state index contributed by atoms with van der Waals surface area (Å²) in [7, 11) is 0. The van der Waals surface area contributed by atoms with Crippen molar-refractivity contribution in [3.63, 3.8) is 0 Å². The predicted octanol–water partition coefficient (Wildman–Crippen LogP) is 1.21. The van der Waals surface area contributed by atoms with E-state index in [1.54, 1.807) is 36.4 Å². The number of aromatic nitrogens is 3. The summed E-state index contributed by atoms with van der Waals surface area (Å²) in [6.45, 7) is -0.548. The number of carboxylic acids is 1. The number of H-pyrrole nitrogens is 1. The third-order valence-corrected chi connectivity index (χ3v) is 3.23. The lowest BCUT2D eigenvalue weighted by atomic mass is 10.2. The summed E-state index contributed by atoms with van der Waals surface area (Å²) < 4.78 is 12.1. The van der Waals surface area contributed by atoms with E-state index in [0.717, 1.165) is 0 Å². The van der Waals surface area contributed by atoms with Crippen LogP contribution in [0.2, 0.25) is 0 Å². The molecule has 0 saturated carbocycles. The van der Waals surface area contributed by atoms with Gasteiger partial charge in [-0.05, 0) is 36.5 Å². The standard InChI is InChI=1S/C15H12N4O4S/c20-13(21)9-23-11-5-2-1-4-10(11)8-16-19-14(17-18-15(19)24)12-6-3-7-22-12/h1-8H,9H2,(H,18,24)(H,20,21)/p-1/b16-8-. The summed E-state index contributed by atoms with van der Waals surface area (Å²) in [6.07, 6.45) is 3.01. The molecule has 8 nitrogen and oxygen atoms in total. The summed E-state index contributed by atoms with van der Waals surface area (Å²) in [6, 6.07) is 10.3. The zero-order chi connectivity index (χ0) is 16.9. The van der Waals surface area contributed by atoms with Gasteiger partial charge < -0.3 is 19.1 Å². The summed E-state index contributed by atoms with van der Waals surface area (Å²) in [4.78, 5) is 10.5. The van der Waals surface area contributed by atoms with Crippen molar-refractivity contribution in [1.82, 2.24) is 14.9 Å². The van der Waals surface area contributed by atoms with E-state index >= 15 is 0 Å². The van der Waals surface area contributed by atoms with Crippen molar-refractivity contribution in [3.8, 4) is 17.3 Å². The number of hydrogen-bond acceptors (Lipinski definition) is 7. The average Bonchev–Trinajstić information content (AvgIpc) is 3.21. The SMILES string of the molecule is O=C([O-])COc1ccccc1/C=N\n1c(-c2ccco2)n[nH]c1=S. The highest BCUT2D eigenvalue weighted by atomic mass is 32.1. The molecule has 3 aromatic rings. The number of ether oxygens (including phenoxy) is 1. The lowest BCUT2D eigenvalue weighted by molar-refractivity contribution is -0.307. The minimum absolute atomic E-state index is 0.283. The molecule has 2 aromatic heterocycles. The molecule has 0 aliphatic rings. The van der Waals surface area contributed by atoms with Crippen molar-refractivity contribution < 1.29 is 19.1 Å².